The predicted molar refractivity (Wildman–Crippen MR) is 51.8 cm³/mol. The quantitative estimate of drug-likeness (QED) is 0.674. The molecule has 0 saturated carbocycles. The number of hydrogen-bond donors (Lipinski definition) is 0. The zero-order valence-corrected chi connectivity index (χ0v) is 9.19. The molecule has 0 N–H and O–H groups in total. The predicted octanol–water partition coefficient (Wildman–Crippen LogP) is 0.709. The van der Waals surface area contributed by atoms with Gasteiger partial charge < -0.3 is 9.47 Å². The first-order valence-electron chi connectivity index (χ1n) is 4.68. The summed E-state index contributed by atoms with van der Waals surface area (Å²) in [5.74, 6) is 0. The number of methoxy groups -OCH3 is 2. The van der Waals surface area contributed by atoms with Crippen molar-refractivity contribution in [2.75, 3.05) is 27.7 Å². The van der Waals surface area contributed by atoms with Gasteiger partial charge in [-0.25, -0.2) is 4.79 Å². The highest BCUT2D eigenvalue weighted by molar-refractivity contribution is 5.77. The lowest BCUT2D eigenvalue weighted by molar-refractivity contribution is 0.0671. The second-order valence-corrected chi connectivity index (χ2v) is 3.54. The Morgan fingerprint density at radius 3 is 1.71 bits per heavy atom. The zero-order chi connectivity index (χ0) is 10.7. The molecule has 2 unspecified atom stereocenters. The van der Waals surface area contributed by atoms with Gasteiger partial charge in [0, 0.05) is 14.2 Å². The van der Waals surface area contributed by atoms with Gasteiger partial charge in [-0.3, -0.25) is 9.80 Å². The summed E-state index contributed by atoms with van der Waals surface area (Å²) in [6, 6.07) is 0.309. The molecule has 1 fully saturated rings. The highest BCUT2D eigenvalue weighted by Gasteiger charge is 2.40. The minimum atomic E-state index is -0.0197. The molecule has 14 heavy (non-hydrogen) atoms. The maximum atomic E-state index is 11.8. The van der Waals surface area contributed by atoms with Crippen LogP contribution in [0.2, 0.25) is 0 Å². The van der Waals surface area contributed by atoms with Gasteiger partial charge in [0.15, 0.2) is 0 Å². The summed E-state index contributed by atoms with van der Waals surface area (Å²) in [4.78, 5) is 15.2. The van der Waals surface area contributed by atoms with Gasteiger partial charge in [0.1, 0.15) is 13.5 Å². The van der Waals surface area contributed by atoms with E-state index >= 15 is 0 Å². The van der Waals surface area contributed by atoms with Crippen molar-refractivity contribution in [2.45, 2.75) is 25.9 Å². The summed E-state index contributed by atoms with van der Waals surface area (Å²) < 4.78 is 9.96. The molecule has 1 saturated heterocycles. The largest absolute Gasteiger partial charge is 0.364 e. The van der Waals surface area contributed by atoms with Crippen molar-refractivity contribution in [3.8, 4) is 0 Å². The van der Waals surface area contributed by atoms with Crippen molar-refractivity contribution in [2.24, 2.45) is 0 Å². The third kappa shape index (κ3) is 1.83. The molecule has 0 radical (unpaired) electrons. The number of amides is 2. The fourth-order valence-corrected chi connectivity index (χ4v) is 1.66. The van der Waals surface area contributed by atoms with E-state index < -0.39 is 0 Å². The van der Waals surface area contributed by atoms with E-state index in [1.54, 1.807) is 24.0 Å². The minimum Gasteiger partial charge on any atom is -0.364 e. The fraction of sp³-hybridized carbons (Fsp3) is 0.889. The van der Waals surface area contributed by atoms with Crippen LogP contribution in [0.4, 0.5) is 4.79 Å². The molecule has 1 aliphatic rings. The molecule has 0 bridgehead atoms. The molecule has 0 aliphatic carbocycles. The first kappa shape index (κ1) is 11.3. The normalized spacial score (nSPS) is 27.6. The summed E-state index contributed by atoms with van der Waals surface area (Å²) in [7, 11) is 3.17. The Morgan fingerprint density at radius 1 is 1.07 bits per heavy atom. The van der Waals surface area contributed by atoms with E-state index in [2.05, 4.69) is 0 Å². The standard InChI is InChI=1S/C9H18N2O3/c1-7-8(2)11(6-14-4)9(12)10(7)5-13-3/h7-8H,5-6H2,1-4H3. The van der Waals surface area contributed by atoms with Crippen molar-refractivity contribution >= 4 is 6.03 Å². The van der Waals surface area contributed by atoms with Gasteiger partial charge in [-0.15, -0.1) is 0 Å². The van der Waals surface area contributed by atoms with Crippen LogP contribution in [0.25, 0.3) is 0 Å². The van der Waals surface area contributed by atoms with Crippen LogP contribution in [0, 0.1) is 0 Å². The topological polar surface area (TPSA) is 42.0 Å². The second kappa shape index (κ2) is 4.61. The van der Waals surface area contributed by atoms with Gasteiger partial charge in [-0.2, -0.15) is 0 Å². The first-order valence-corrected chi connectivity index (χ1v) is 4.68. The molecule has 0 aromatic carbocycles. The van der Waals surface area contributed by atoms with E-state index in [1.807, 2.05) is 13.8 Å². The molecule has 1 heterocycles. The van der Waals surface area contributed by atoms with E-state index in [0.29, 0.717) is 13.5 Å². The molecule has 82 valence electrons. The molecular weight excluding hydrogens is 184 g/mol. The smallest absolute Gasteiger partial charge is 0.324 e. The van der Waals surface area contributed by atoms with Crippen LogP contribution in [0.15, 0.2) is 0 Å². The summed E-state index contributed by atoms with van der Waals surface area (Å²) in [5, 5.41) is 0. The lowest BCUT2D eigenvalue weighted by Crippen LogP contribution is -2.36. The summed E-state index contributed by atoms with van der Waals surface area (Å²) in [5.41, 5.74) is 0. The lowest BCUT2D eigenvalue weighted by Gasteiger charge is -2.20. The van der Waals surface area contributed by atoms with Crippen molar-refractivity contribution < 1.29 is 14.3 Å². The SMILES string of the molecule is COCN1C(=O)N(COC)C(C)C1C. The average Bonchev–Trinajstić information content (AvgIpc) is 2.36. The second-order valence-electron chi connectivity index (χ2n) is 3.54. The number of nitrogens with zero attached hydrogens (tertiary/aromatic N) is 2. The van der Waals surface area contributed by atoms with Crippen LogP contribution in [0.3, 0.4) is 0 Å². The number of carbonyl (C=O) groups is 1. The highest BCUT2D eigenvalue weighted by Crippen LogP contribution is 2.21. The molecule has 0 aromatic rings. The van der Waals surface area contributed by atoms with Gasteiger partial charge >= 0.3 is 6.03 Å². The molecule has 5 nitrogen and oxygen atoms in total. The number of rotatable bonds is 4. The van der Waals surface area contributed by atoms with Crippen molar-refractivity contribution in [3.05, 3.63) is 0 Å². The number of carbonyl (C=O) groups excluding carboxylic acids is 1. The van der Waals surface area contributed by atoms with E-state index in [0.717, 1.165) is 0 Å². The minimum absolute atomic E-state index is 0.0197. The Bertz CT molecular complexity index is 190. The van der Waals surface area contributed by atoms with Gasteiger partial charge in [0.2, 0.25) is 0 Å². The number of urea groups is 1. The third-order valence-electron chi connectivity index (χ3n) is 2.71. The summed E-state index contributed by atoms with van der Waals surface area (Å²) in [6.07, 6.45) is 0. The molecule has 1 aliphatic heterocycles. The van der Waals surface area contributed by atoms with Gasteiger partial charge in [0.25, 0.3) is 0 Å². The van der Waals surface area contributed by atoms with Crippen LogP contribution in [-0.2, 0) is 9.47 Å². The van der Waals surface area contributed by atoms with E-state index in [9.17, 15) is 4.79 Å². The number of hydrogen-bond acceptors (Lipinski definition) is 3. The van der Waals surface area contributed by atoms with Crippen LogP contribution in [-0.4, -0.2) is 55.6 Å². The summed E-state index contributed by atoms with van der Waals surface area (Å²) >= 11 is 0. The van der Waals surface area contributed by atoms with E-state index in [-0.39, 0.29) is 18.1 Å². The monoisotopic (exact) mass is 202 g/mol. The van der Waals surface area contributed by atoms with Crippen molar-refractivity contribution in [1.82, 2.24) is 9.80 Å². The first-order chi connectivity index (χ1) is 6.63. The Hall–Kier alpha value is -0.810. The van der Waals surface area contributed by atoms with Crippen LogP contribution in [0.1, 0.15) is 13.8 Å². The maximum absolute atomic E-state index is 11.8. The van der Waals surface area contributed by atoms with Crippen molar-refractivity contribution in [1.29, 1.82) is 0 Å². The van der Waals surface area contributed by atoms with Gasteiger partial charge in [-0.1, -0.05) is 0 Å². The van der Waals surface area contributed by atoms with Crippen molar-refractivity contribution in [3.63, 3.8) is 0 Å². The van der Waals surface area contributed by atoms with Crippen LogP contribution >= 0.6 is 0 Å². The third-order valence-corrected chi connectivity index (χ3v) is 2.71. The van der Waals surface area contributed by atoms with Crippen LogP contribution in [0.5, 0.6) is 0 Å². The van der Waals surface area contributed by atoms with Gasteiger partial charge in [0.05, 0.1) is 12.1 Å². The van der Waals surface area contributed by atoms with Gasteiger partial charge in [-0.05, 0) is 13.8 Å². The molecular formula is C9H18N2O3. The number of ether oxygens (including phenoxy) is 2. The Labute approximate surface area is 84.6 Å². The highest BCUT2D eigenvalue weighted by atomic mass is 16.5. The Morgan fingerprint density at radius 2 is 1.43 bits per heavy atom. The average molecular weight is 202 g/mol. The lowest BCUT2D eigenvalue weighted by atomic mass is 10.2. The van der Waals surface area contributed by atoms with E-state index in [1.165, 1.54) is 0 Å². The maximum Gasteiger partial charge on any atom is 0.324 e. The molecule has 0 spiro atoms. The van der Waals surface area contributed by atoms with E-state index in [4.69, 9.17) is 9.47 Å². The van der Waals surface area contributed by atoms with Crippen LogP contribution < -0.4 is 0 Å². The summed E-state index contributed by atoms with van der Waals surface area (Å²) in [6.45, 7) is 4.70. The molecule has 0 aromatic heterocycles. The zero-order valence-electron chi connectivity index (χ0n) is 9.19. The Balaban J connectivity index is 2.69. The molecule has 1 rings (SSSR count). The molecule has 5 heteroatoms. The Kier molecular flexibility index (Phi) is 3.71. The molecule has 2 atom stereocenters. The fourth-order valence-electron chi connectivity index (χ4n) is 1.66. The molecule has 2 amide bonds.